The second kappa shape index (κ2) is 10.5. The predicted octanol–water partition coefficient (Wildman–Crippen LogP) is 2.77. The van der Waals surface area contributed by atoms with Gasteiger partial charge in [0, 0.05) is 19.6 Å². The van der Waals surface area contributed by atoms with Crippen LogP contribution in [0.3, 0.4) is 0 Å². The molecule has 4 nitrogen and oxygen atoms in total. The Hall–Kier alpha value is -1.23. The van der Waals surface area contributed by atoms with Gasteiger partial charge in [-0.3, -0.25) is 4.90 Å². The summed E-state index contributed by atoms with van der Waals surface area (Å²) in [5, 5.41) is 0. The number of hydrogen-bond donors (Lipinski definition) is 0. The summed E-state index contributed by atoms with van der Waals surface area (Å²) in [4.78, 5) is 2.41. The van der Waals surface area contributed by atoms with Crippen molar-refractivity contribution in [2.45, 2.75) is 6.42 Å². The molecule has 0 N–H and O–H groups in total. The van der Waals surface area contributed by atoms with E-state index in [0.29, 0.717) is 13.2 Å². The van der Waals surface area contributed by atoms with Crippen molar-refractivity contribution in [3.8, 4) is 11.5 Å². The summed E-state index contributed by atoms with van der Waals surface area (Å²) in [5.74, 6) is 1.58. The third kappa shape index (κ3) is 6.38. The lowest BCUT2D eigenvalue weighted by Crippen LogP contribution is -2.37. The van der Waals surface area contributed by atoms with Crippen LogP contribution >= 0.6 is 12.4 Å². The van der Waals surface area contributed by atoms with Crippen LogP contribution in [-0.2, 0) is 4.74 Å². The van der Waals surface area contributed by atoms with Crippen molar-refractivity contribution in [1.82, 2.24) is 4.90 Å². The molecule has 0 radical (unpaired) electrons. The molecule has 0 aliphatic carbocycles. The summed E-state index contributed by atoms with van der Waals surface area (Å²) in [6.07, 6.45) is 2.74. The van der Waals surface area contributed by atoms with Crippen molar-refractivity contribution in [3.63, 3.8) is 0 Å². The minimum absolute atomic E-state index is 0. The average Bonchev–Trinajstić information content (AvgIpc) is 2.51. The van der Waals surface area contributed by atoms with Gasteiger partial charge in [0.25, 0.3) is 0 Å². The van der Waals surface area contributed by atoms with Crippen molar-refractivity contribution >= 4 is 12.4 Å². The second-order valence-electron chi connectivity index (χ2n) is 4.70. The topological polar surface area (TPSA) is 30.9 Å². The monoisotopic (exact) mass is 313 g/mol. The first kappa shape index (κ1) is 17.8. The third-order valence-corrected chi connectivity index (χ3v) is 3.19. The van der Waals surface area contributed by atoms with Crippen LogP contribution < -0.4 is 9.47 Å². The highest BCUT2D eigenvalue weighted by atomic mass is 35.5. The zero-order valence-corrected chi connectivity index (χ0v) is 13.1. The van der Waals surface area contributed by atoms with Crippen LogP contribution in [-0.4, -0.2) is 51.0 Å². The quantitative estimate of drug-likeness (QED) is 0.545. The van der Waals surface area contributed by atoms with Crippen molar-refractivity contribution in [2.75, 3.05) is 46.1 Å². The van der Waals surface area contributed by atoms with Gasteiger partial charge in [0.1, 0.15) is 6.61 Å². The van der Waals surface area contributed by atoms with Gasteiger partial charge in [0.2, 0.25) is 0 Å². The van der Waals surface area contributed by atoms with Gasteiger partial charge in [-0.25, -0.2) is 0 Å². The number of benzene rings is 1. The molecule has 2 rings (SSSR count). The van der Waals surface area contributed by atoms with E-state index in [9.17, 15) is 0 Å². The molecule has 0 bridgehead atoms. The lowest BCUT2D eigenvalue weighted by molar-refractivity contribution is 0.0357. The average molecular weight is 314 g/mol. The minimum atomic E-state index is 0. The fraction of sp³-hybridized carbons (Fsp3) is 0.500. The number of halogens is 1. The van der Waals surface area contributed by atoms with E-state index < -0.39 is 0 Å². The molecule has 1 saturated heterocycles. The Morgan fingerprint density at radius 3 is 2.48 bits per heavy atom. The molecule has 1 fully saturated rings. The van der Waals surface area contributed by atoms with Crippen LogP contribution in [0.5, 0.6) is 11.5 Å². The number of ether oxygens (including phenoxy) is 3. The Labute approximate surface area is 133 Å². The highest BCUT2D eigenvalue weighted by Gasteiger charge is 2.09. The SMILES string of the molecule is C=CCOc1ccccc1OCCCN1CCOCC1.Cl. The second-order valence-corrected chi connectivity index (χ2v) is 4.70. The summed E-state index contributed by atoms with van der Waals surface area (Å²) in [5.41, 5.74) is 0. The number of rotatable bonds is 8. The Morgan fingerprint density at radius 2 is 1.81 bits per heavy atom. The largest absolute Gasteiger partial charge is 0.490 e. The number of para-hydroxylation sites is 2. The van der Waals surface area contributed by atoms with Gasteiger partial charge in [0.15, 0.2) is 11.5 Å². The molecule has 0 saturated carbocycles. The summed E-state index contributed by atoms with van der Waals surface area (Å²) >= 11 is 0. The van der Waals surface area contributed by atoms with Crippen molar-refractivity contribution in [2.24, 2.45) is 0 Å². The van der Waals surface area contributed by atoms with Gasteiger partial charge in [-0.15, -0.1) is 12.4 Å². The van der Waals surface area contributed by atoms with Gasteiger partial charge in [0.05, 0.1) is 19.8 Å². The van der Waals surface area contributed by atoms with Gasteiger partial charge < -0.3 is 14.2 Å². The Morgan fingerprint density at radius 1 is 1.14 bits per heavy atom. The maximum atomic E-state index is 5.81. The highest BCUT2D eigenvalue weighted by Crippen LogP contribution is 2.26. The van der Waals surface area contributed by atoms with Crippen LogP contribution in [0.2, 0.25) is 0 Å². The molecule has 1 aliphatic rings. The smallest absolute Gasteiger partial charge is 0.161 e. The van der Waals surface area contributed by atoms with E-state index >= 15 is 0 Å². The van der Waals surface area contributed by atoms with E-state index in [4.69, 9.17) is 14.2 Å². The van der Waals surface area contributed by atoms with Gasteiger partial charge in [-0.1, -0.05) is 24.8 Å². The zero-order chi connectivity index (χ0) is 14.0. The molecule has 0 aromatic heterocycles. The molecule has 1 aromatic rings. The van der Waals surface area contributed by atoms with Gasteiger partial charge in [-0.2, -0.15) is 0 Å². The standard InChI is InChI=1S/C16H23NO3.ClH/c1-2-11-19-15-6-3-4-7-16(15)20-12-5-8-17-9-13-18-14-10-17;/h2-4,6-7H,1,5,8-14H2;1H. The van der Waals surface area contributed by atoms with E-state index in [-0.39, 0.29) is 12.4 Å². The molecule has 1 heterocycles. The van der Waals surface area contributed by atoms with Crippen LogP contribution in [0.1, 0.15) is 6.42 Å². The highest BCUT2D eigenvalue weighted by molar-refractivity contribution is 5.85. The fourth-order valence-corrected chi connectivity index (χ4v) is 2.13. The zero-order valence-electron chi connectivity index (χ0n) is 12.3. The predicted molar refractivity (Wildman–Crippen MR) is 86.8 cm³/mol. The molecule has 1 aliphatic heterocycles. The maximum absolute atomic E-state index is 5.81. The summed E-state index contributed by atoms with van der Waals surface area (Å²) in [7, 11) is 0. The van der Waals surface area contributed by atoms with E-state index in [1.807, 2.05) is 24.3 Å². The lowest BCUT2D eigenvalue weighted by atomic mass is 10.3. The fourth-order valence-electron chi connectivity index (χ4n) is 2.13. The normalized spacial score (nSPS) is 15.0. The first-order valence-corrected chi connectivity index (χ1v) is 7.16. The molecule has 5 heteroatoms. The van der Waals surface area contributed by atoms with Crippen LogP contribution in [0.4, 0.5) is 0 Å². The maximum Gasteiger partial charge on any atom is 0.161 e. The van der Waals surface area contributed by atoms with E-state index in [0.717, 1.165) is 50.8 Å². The van der Waals surface area contributed by atoms with E-state index in [1.54, 1.807) is 6.08 Å². The number of hydrogen-bond acceptors (Lipinski definition) is 4. The van der Waals surface area contributed by atoms with Gasteiger partial charge >= 0.3 is 0 Å². The first-order valence-electron chi connectivity index (χ1n) is 7.16. The third-order valence-electron chi connectivity index (χ3n) is 3.19. The molecule has 0 amide bonds. The Balaban J connectivity index is 0.00000220. The minimum Gasteiger partial charge on any atom is -0.490 e. The first-order chi connectivity index (χ1) is 9.90. The molecule has 118 valence electrons. The molecule has 0 atom stereocenters. The van der Waals surface area contributed by atoms with Crippen LogP contribution in [0.25, 0.3) is 0 Å². The molecular formula is C16H24ClNO3. The van der Waals surface area contributed by atoms with E-state index in [2.05, 4.69) is 11.5 Å². The van der Waals surface area contributed by atoms with E-state index in [1.165, 1.54) is 0 Å². The van der Waals surface area contributed by atoms with Crippen molar-refractivity contribution < 1.29 is 14.2 Å². The Kier molecular flexibility index (Phi) is 8.90. The van der Waals surface area contributed by atoms with Crippen LogP contribution in [0, 0.1) is 0 Å². The lowest BCUT2D eigenvalue weighted by Gasteiger charge is -2.26. The molecule has 21 heavy (non-hydrogen) atoms. The van der Waals surface area contributed by atoms with Gasteiger partial charge in [-0.05, 0) is 18.6 Å². The summed E-state index contributed by atoms with van der Waals surface area (Å²) < 4.78 is 16.7. The van der Waals surface area contributed by atoms with Crippen molar-refractivity contribution in [3.05, 3.63) is 36.9 Å². The summed E-state index contributed by atoms with van der Waals surface area (Å²) in [6.45, 7) is 9.65. The Bertz CT molecular complexity index is 408. The number of nitrogens with zero attached hydrogens (tertiary/aromatic N) is 1. The van der Waals surface area contributed by atoms with Crippen molar-refractivity contribution in [1.29, 1.82) is 0 Å². The molecule has 0 spiro atoms. The summed E-state index contributed by atoms with van der Waals surface area (Å²) in [6, 6.07) is 7.76. The molecule has 0 unspecified atom stereocenters. The molecule has 1 aromatic carbocycles. The number of morpholine rings is 1. The van der Waals surface area contributed by atoms with Crippen LogP contribution in [0.15, 0.2) is 36.9 Å². The molecular weight excluding hydrogens is 290 g/mol.